The first-order valence-corrected chi connectivity index (χ1v) is 7.57. The molecule has 0 aliphatic carbocycles. The van der Waals surface area contributed by atoms with Crippen LogP contribution in [0.2, 0.25) is 0 Å². The third-order valence-corrected chi connectivity index (χ3v) is 4.02. The van der Waals surface area contributed by atoms with Crippen LogP contribution in [0.4, 0.5) is 0 Å². The van der Waals surface area contributed by atoms with E-state index in [9.17, 15) is 9.59 Å². The number of hydrogen-bond donors (Lipinski definition) is 2. The minimum atomic E-state index is -0.120. The second-order valence-corrected chi connectivity index (χ2v) is 5.70. The second-order valence-electron chi connectivity index (χ2n) is 5.70. The summed E-state index contributed by atoms with van der Waals surface area (Å²) in [6.07, 6.45) is 5.06. The lowest BCUT2D eigenvalue weighted by Crippen LogP contribution is -2.47. The normalized spacial score (nSPS) is 21.9. The Morgan fingerprint density at radius 1 is 1.32 bits per heavy atom. The average Bonchev–Trinajstić information content (AvgIpc) is 2.52. The Kier molecular flexibility index (Phi) is 5.33. The van der Waals surface area contributed by atoms with Crippen molar-refractivity contribution in [1.82, 2.24) is 10.2 Å². The fourth-order valence-electron chi connectivity index (χ4n) is 2.69. The SMILES string of the molecule is CNC(=O)c1ccc(/C=C/C(=O)N2CCC(N)CC2C)cc1. The van der Waals surface area contributed by atoms with Crippen molar-refractivity contribution in [2.45, 2.75) is 31.8 Å². The first kappa shape index (κ1) is 16.2. The Labute approximate surface area is 131 Å². The van der Waals surface area contributed by atoms with E-state index in [1.165, 1.54) is 0 Å². The monoisotopic (exact) mass is 301 g/mol. The summed E-state index contributed by atoms with van der Waals surface area (Å²) in [5.74, 6) is -0.111. The summed E-state index contributed by atoms with van der Waals surface area (Å²) in [5.41, 5.74) is 7.41. The molecule has 0 aromatic heterocycles. The lowest BCUT2D eigenvalue weighted by atomic mass is 9.99. The number of likely N-dealkylation sites (tertiary alicyclic amines) is 1. The molecule has 1 aliphatic heterocycles. The van der Waals surface area contributed by atoms with Crippen molar-refractivity contribution >= 4 is 17.9 Å². The zero-order valence-corrected chi connectivity index (χ0v) is 13.1. The predicted molar refractivity (Wildman–Crippen MR) is 87.3 cm³/mol. The molecule has 22 heavy (non-hydrogen) atoms. The fourth-order valence-corrected chi connectivity index (χ4v) is 2.69. The smallest absolute Gasteiger partial charge is 0.251 e. The molecular formula is C17H23N3O2. The van der Waals surface area contributed by atoms with E-state index in [1.54, 1.807) is 31.3 Å². The Bertz CT molecular complexity index is 566. The molecule has 5 nitrogen and oxygen atoms in total. The number of benzene rings is 1. The van der Waals surface area contributed by atoms with E-state index in [1.807, 2.05) is 24.0 Å². The molecule has 0 radical (unpaired) electrons. The number of nitrogens with one attached hydrogen (secondary N) is 1. The largest absolute Gasteiger partial charge is 0.355 e. The van der Waals surface area contributed by atoms with Gasteiger partial charge in [-0.05, 0) is 43.5 Å². The first-order chi connectivity index (χ1) is 10.5. The summed E-state index contributed by atoms with van der Waals surface area (Å²) in [6.45, 7) is 2.74. The van der Waals surface area contributed by atoms with Gasteiger partial charge in [-0.1, -0.05) is 12.1 Å². The molecule has 1 saturated heterocycles. The van der Waals surface area contributed by atoms with Gasteiger partial charge in [0.1, 0.15) is 0 Å². The maximum absolute atomic E-state index is 12.2. The summed E-state index contributed by atoms with van der Waals surface area (Å²) in [6, 6.07) is 7.50. The third kappa shape index (κ3) is 3.95. The summed E-state index contributed by atoms with van der Waals surface area (Å²) < 4.78 is 0. The maximum atomic E-state index is 12.2. The number of nitrogens with two attached hydrogens (primary N) is 1. The fraction of sp³-hybridized carbons (Fsp3) is 0.412. The lowest BCUT2D eigenvalue weighted by Gasteiger charge is -2.35. The maximum Gasteiger partial charge on any atom is 0.251 e. The first-order valence-electron chi connectivity index (χ1n) is 7.57. The van der Waals surface area contributed by atoms with Crippen LogP contribution in [0, 0.1) is 0 Å². The average molecular weight is 301 g/mol. The van der Waals surface area contributed by atoms with E-state index in [2.05, 4.69) is 5.32 Å². The van der Waals surface area contributed by atoms with Gasteiger partial charge in [0.2, 0.25) is 5.91 Å². The lowest BCUT2D eigenvalue weighted by molar-refractivity contribution is -0.129. The Balaban J connectivity index is 1.99. The Hall–Kier alpha value is -2.14. The molecule has 0 bridgehead atoms. The molecule has 2 rings (SSSR count). The van der Waals surface area contributed by atoms with Gasteiger partial charge >= 0.3 is 0 Å². The van der Waals surface area contributed by atoms with E-state index in [0.717, 1.165) is 18.4 Å². The van der Waals surface area contributed by atoms with Crippen LogP contribution < -0.4 is 11.1 Å². The highest BCUT2D eigenvalue weighted by atomic mass is 16.2. The molecule has 1 heterocycles. The van der Waals surface area contributed by atoms with Crippen LogP contribution in [-0.4, -0.2) is 42.4 Å². The Morgan fingerprint density at radius 3 is 2.59 bits per heavy atom. The zero-order valence-electron chi connectivity index (χ0n) is 13.1. The molecule has 2 unspecified atom stereocenters. The van der Waals surface area contributed by atoms with Gasteiger partial charge in [-0.2, -0.15) is 0 Å². The van der Waals surface area contributed by atoms with E-state index < -0.39 is 0 Å². The molecule has 1 aromatic carbocycles. The standard InChI is InChI=1S/C17H23N3O2/c1-12-11-15(18)9-10-20(12)16(21)8-5-13-3-6-14(7-4-13)17(22)19-2/h3-8,12,15H,9-11,18H2,1-2H3,(H,19,22)/b8-5+. The Morgan fingerprint density at radius 2 is 2.00 bits per heavy atom. The number of hydrogen-bond acceptors (Lipinski definition) is 3. The van der Waals surface area contributed by atoms with Gasteiger partial charge in [-0.25, -0.2) is 0 Å². The number of piperidine rings is 1. The van der Waals surface area contributed by atoms with Crippen LogP contribution in [0.3, 0.4) is 0 Å². The van der Waals surface area contributed by atoms with Gasteiger partial charge in [-0.15, -0.1) is 0 Å². The number of carbonyl (C=O) groups excluding carboxylic acids is 2. The van der Waals surface area contributed by atoms with Crippen LogP contribution in [0.1, 0.15) is 35.7 Å². The minimum absolute atomic E-state index is 0.00905. The molecule has 3 N–H and O–H groups in total. The molecule has 5 heteroatoms. The summed E-state index contributed by atoms with van der Waals surface area (Å²) in [5, 5.41) is 2.57. The van der Waals surface area contributed by atoms with Crippen LogP contribution in [0.5, 0.6) is 0 Å². The topological polar surface area (TPSA) is 75.4 Å². The quantitative estimate of drug-likeness (QED) is 0.829. The van der Waals surface area contributed by atoms with Gasteiger partial charge in [0, 0.05) is 37.3 Å². The summed E-state index contributed by atoms with van der Waals surface area (Å²) in [4.78, 5) is 25.6. The van der Waals surface area contributed by atoms with Crippen LogP contribution >= 0.6 is 0 Å². The van der Waals surface area contributed by atoms with Gasteiger partial charge in [-0.3, -0.25) is 9.59 Å². The molecule has 2 amide bonds. The summed E-state index contributed by atoms with van der Waals surface area (Å²) in [7, 11) is 1.60. The zero-order chi connectivity index (χ0) is 16.1. The van der Waals surface area contributed by atoms with Crippen LogP contribution in [-0.2, 0) is 4.79 Å². The van der Waals surface area contributed by atoms with Gasteiger partial charge in [0.25, 0.3) is 5.91 Å². The number of amides is 2. The van der Waals surface area contributed by atoms with Gasteiger partial charge in [0.05, 0.1) is 0 Å². The third-order valence-electron chi connectivity index (χ3n) is 4.02. The van der Waals surface area contributed by atoms with Crippen molar-refractivity contribution in [2.24, 2.45) is 5.73 Å². The molecule has 1 fully saturated rings. The van der Waals surface area contributed by atoms with Crippen molar-refractivity contribution in [1.29, 1.82) is 0 Å². The number of nitrogens with zero attached hydrogens (tertiary/aromatic N) is 1. The van der Waals surface area contributed by atoms with Crippen LogP contribution in [0.15, 0.2) is 30.3 Å². The summed E-state index contributed by atoms with van der Waals surface area (Å²) >= 11 is 0. The highest BCUT2D eigenvalue weighted by Gasteiger charge is 2.25. The molecule has 2 atom stereocenters. The van der Waals surface area contributed by atoms with Gasteiger partial charge < -0.3 is 16.0 Å². The number of carbonyl (C=O) groups is 2. The van der Waals surface area contributed by atoms with Crippen molar-refractivity contribution < 1.29 is 9.59 Å². The molecule has 1 aliphatic rings. The van der Waals surface area contributed by atoms with Crippen molar-refractivity contribution in [2.75, 3.05) is 13.6 Å². The van der Waals surface area contributed by atoms with E-state index in [-0.39, 0.29) is 23.9 Å². The molecule has 0 saturated carbocycles. The van der Waals surface area contributed by atoms with Gasteiger partial charge in [0.15, 0.2) is 0 Å². The second kappa shape index (κ2) is 7.22. The predicted octanol–water partition coefficient (Wildman–Crippen LogP) is 1.40. The van der Waals surface area contributed by atoms with Crippen molar-refractivity contribution in [3.05, 3.63) is 41.5 Å². The number of rotatable bonds is 3. The van der Waals surface area contributed by atoms with Crippen LogP contribution in [0.25, 0.3) is 6.08 Å². The van der Waals surface area contributed by atoms with E-state index in [4.69, 9.17) is 5.73 Å². The van der Waals surface area contributed by atoms with Crippen molar-refractivity contribution in [3.63, 3.8) is 0 Å². The molecule has 0 spiro atoms. The highest BCUT2D eigenvalue weighted by Crippen LogP contribution is 2.16. The minimum Gasteiger partial charge on any atom is -0.355 e. The van der Waals surface area contributed by atoms with E-state index >= 15 is 0 Å². The van der Waals surface area contributed by atoms with Crippen molar-refractivity contribution in [3.8, 4) is 0 Å². The molecule has 118 valence electrons. The molecular weight excluding hydrogens is 278 g/mol. The highest BCUT2D eigenvalue weighted by molar-refractivity contribution is 5.95. The molecule has 1 aromatic rings. The van der Waals surface area contributed by atoms with E-state index in [0.29, 0.717) is 12.1 Å².